The van der Waals surface area contributed by atoms with Crippen molar-refractivity contribution in [2.24, 2.45) is 5.92 Å². The van der Waals surface area contributed by atoms with Gasteiger partial charge < -0.3 is 15.0 Å². The van der Waals surface area contributed by atoms with Crippen LogP contribution in [-0.2, 0) is 6.42 Å². The topological polar surface area (TPSA) is 37.0 Å². The van der Waals surface area contributed by atoms with Crippen molar-refractivity contribution in [2.75, 3.05) is 13.7 Å². The van der Waals surface area contributed by atoms with Crippen molar-refractivity contribution in [3.8, 4) is 5.75 Å². The predicted octanol–water partition coefficient (Wildman–Crippen LogP) is 3.41. The maximum Gasteiger partial charge on any atom is 0.120 e. The number of aromatic nitrogens is 1. The molecular weight excluding hydrogens is 236 g/mol. The van der Waals surface area contributed by atoms with E-state index in [0.717, 1.165) is 18.7 Å². The van der Waals surface area contributed by atoms with E-state index in [1.54, 1.807) is 7.11 Å². The van der Waals surface area contributed by atoms with E-state index in [0.29, 0.717) is 12.0 Å². The molecule has 0 bridgehead atoms. The Kier molecular flexibility index (Phi) is 3.23. The lowest BCUT2D eigenvalue weighted by Crippen LogP contribution is -2.30. The Morgan fingerprint density at radius 1 is 1.37 bits per heavy atom. The van der Waals surface area contributed by atoms with E-state index in [1.807, 2.05) is 0 Å². The highest BCUT2D eigenvalue weighted by molar-refractivity contribution is 5.86. The minimum absolute atomic E-state index is 0.460. The lowest BCUT2D eigenvalue weighted by Gasteiger charge is -2.25. The Hall–Kier alpha value is -1.48. The molecule has 0 aliphatic carbocycles. The highest BCUT2D eigenvalue weighted by Crippen LogP contribution is 2.34. The molecule has 0 saturated carbocycles. The highest BCUT2D eigenvalue weighted by atomic mass is 16.5. The summed E-state index contributed by atoms with van der Waals surface area (Å²) < 4.78 is 5.31. The summed E-state index contributed by atoms with van der Waals surface area (Å²) >= 11 is 0. The third-order valence-electron chi connectivity index (χ3n) is 3.97. The molecule has 1 aliphatic heterocycles. The lowest BCUT2D eigenvalue weighted by molar-refractivity contribution is 0.409. The van der Waals surface area contributed by atoms with E-state index >= 15 is 0 Å². The second kappa shape index (κ2) is 4.89. The van der Waals surface area contributed by atoms with Crippen LogP contribution in [0.5, 0.6) is 5.75 Å². The van der Waals surface area contributed by atoms with E-state index in [9.17, 15) is 0 Å². The summed E-state index contributed by atoms with van der Waals surface area (Å²) in [6, 6.07) is 6.79. The van der Waals surface area contributed by atoms with Gasteiger partial charge in [0.05, 0.1) is 7.11 Å². The molecule has 1 atom stereocenters. The highest BCUT2D eigenvalue weighted by Gasteiger charge is 2.24. The molecule has 0 spiro atoms. The molecule has 2 heterocycles. The second-order valence-corrected chi connectivity index (χ2v) is 5.82. The van der Waals surface area contributed by atoms with Crippen molar-refractivity contribution in [2.45, 2.75) is 32.7 Å². The summed E-state index contributed by atoms with van der Waals surface area (Å²) in [7, 11) is 1.72. The molecule has 0 unspecified atom stereocenters. The Bertz CT molecular complexity index is 586. The molecule has 3 nitrogen and oxygen atoms in total. The first-order chi connectivity index (χ1) is 9.19. The number of fused-ring (bicyclic) bond motifs is 3. The molecule has 2 aromatic rings. The van der Waals surface area contributed by atoms with E-state index in [1.165, 1.54) is 28.6 Å². The van der Waals surface area contributed by atoms with Gasteiger partial charge in [0.2, 0.25) is 0 Å². The van der Waals surface area contributed by atoms with Crippen LogP contribution in [0, 0.1) is 5.92 Å². The number of hydrogen-bond donors (Lipinski definition) is 2. The van der Waals surface area contributed by atoms with Gasteiger partial charge in [-0.25, -0.2) is 0 Å². The Morgan fingerprint density at radius 3 is 2.95 bits per heavy atom. The molecule has 1 aromatic heterocycles. The fourth-order valence-electron chi connectivity index (χ4n) is 3.10. The lowest BCUT2D eigenvalue weighted by atomic mass is 9.93. The van der Waals surface area contributed by atoms with Crippen molar-refractivity contribution < 1.29 is 4.74 Å². The summed E-state index contributed by atoms with van der Waals surface area (Å²) in [5, 5.41) is 4.99. The number of H-pyrrole nitrogens is 1. The van der Waals surface area contributed by atoms with Gasteiger partial charge in [0.15, 0.2) is 0 Å². The van der Waals surface area contributed by atoms with Crippen LogP contribution in [0.1, 0.15) is 37.6 Å². The summed E-state index contributed by atoms with van der Waals surface area (Å²) in [6.07, 6.45) is 2.28. The number of ether oxygens (including phenoxy) is 1. The molecule has 0 fully saturated rings. The minimum atomic E-state index is 0.460. The van der Waals surface area contributed by atoms with E-state index in [-0.39, 0.29) is 0 Å². The van der Waals surface area contributed by atoms with Crippen LogP contribution in [0.25, 0.3) is 10.9 Å². The van der Waals surface area contributed by atoms with Crippen LogP contribution in [-0.4, -0.2) is 18.6 Å². The molecule has 19 heavy (non-hydrogen) atoms. The van der Waals surface area contributed by atoms with Gasteiger partial charge in [-0.05, 0) is 43.0 Å². The monoisotopic (exact) mass is 258 g/mol. The zero-order valence-electron chi connectivity index (χ0n) is 11.9. The molecule has 3 rings (SSSR count). The smallest absolute Gasteiger partial charge is 0.120 e. The van der Waals surface area contributed by atoms with Crippen molar-refractivity contribution >= 4 is 10.9 Å². The van der Waals surface area contributed by atoms with Crippen molar-refractivity contribution in [1.29, 1.82) is 0 Å². The maximum atomic E-state index is 5.31. The van der Waals surface area contributed by atoms with Crippen LogP contribution >= 0.6 is 0 Å². The molecule has 102 valence electrons. The van der Waals surface area contributed by atoms with E-state index in [2.05, 4.69) is 42.3 Å². The first-order valence-electron chi connectivity index (χ1n) is 7.11. The number of aromatic amines is 1. The SMILES string of the molecule is COc1ccc2c3c([nH]c2c1)[C@H](CC(C)C)NCC3. The van der Waals surface area contributed by atoms with Gasteiger partial charge in [-0.2, -0.15) is 0 Å². The number of nitrogens with one attached hydrogen (secondary N) is 2. The standard InChI is InChI=1S/C16H22N2O/c1-10(2)8-15-16-13(6-7-17-15)12-5-4-11(19-3)9-14(12)18-16/h4-5,9-10,15,17-18H,6-8H2,1-3H3/t15-/m0/s1. The van der Waals surface area contributed by atoms with Crippen LogP contribution in [0.15, 0.2) is 18.2 Å². The van der Waals surface area contributed by atoms with Crippen molar-refractivity contribution in [3.05, 3.63) is 29.5 Å². The predicted molar refractivity (Wildman–Crippen MR) is 78.8 cm³/mol. The molecule has 0 radical (unpaired) electrons. The van der Waals surface area contributed by atoms with Gasteiger partial charge in [0, 0.05) is 28.7 Å². The Balaban J connectivity index is 2.06. The third-order valence-corrected chi connectivity index (χ3v) is 3.97. The fourth-order valence-corrected chi connectivity index (χ4v) is 3.10. The zero-order valence-corrected chi connectivity index (χ0v) is 11.9. The number of benzene rings is 1. The maximum absolute atomic E-state index is 5.31. The molecule has 0 saturated heterocycles. The first-order valence-corrected chi connectivity index (χ1v) is 7.11. The minimum Gasteiger partial charge on any atom is -0.497 e. The summed E-state index contributed by atoms with van der Waals surface area (Å²) in [6.45, 7) is 5.63. The largest absolute Gasteiger partial charge is 0.497 e. The first kappa shape index (κ1) is 12.5. The summed E-state index contributed by atoms with van der Waals surface area (Å²) in [4.78, 5) is 3.60. The van der Waals surface area contributed by atoms with Crippen LogP contribution in [0.2, 0.25) is 0 Å². The Labute approximate surface area is 114 Å². The fraction of sp³-hybridized carbons (Fsp3) is 0.500. The van der Waals surface area contributed by atoms with Crippen molar-refractivity contribution in [1.82, 2.24) is 10.3 Å². The number of rotatable bonds is 3. The van der Waals surface area contributed by atoms with Crippen molar-refractivity contribution in [3.63, 3.8) is 0 Å². The van der Waals surface area contributed by atoms with Crippen LogP contribution in [0.3, 0.4) is 0 Å². The van der Waals surface area contributed by atoms with Gasteiger partial charge >= 0.3 is 0 Å². The van der Waals surface area contributed by atoms with Crippen LogP contribution in [0.4, 0.5) is 0 Å². The molecule has 1 aliphatic rings. The van der Waals surface area contributed by atoms with E-state index < -0.39 is 0 Å². The van der Waals surface area contributed by atoms with Crippen LogP contribution < -0.4 is 10.1 Å². The molecule has 2 N–H and O–H groups in total. The summed E-state index contributed by atoms with van der Waals surface area (Å²) in [5.74, 6) is 1.61. The van der Waals surface area contributed by atoms with Gasteiger partial charge in [-0.3, -0.25) is 0 Å². The van der Waals surface area contributed by atoms with Gasteiger partial charge in [0.25, 0.3) is 0 Å². The van der Waals surface area contributed by atoms with Gasteiger partial charge in [-0.1, -0.05) is 13.8 Å². The zero-order chi connectivity index (χ0) is 13.4. The Morgan fingerprint density at radius 2 is 2.21 bits per heavy atom. The normalized spacial score (nSPS) is 18.8. The molecule has 1 aromatic carbocycles. The number of hydrogen-bond acceptors (Lipinski definition) is 2. The molecular formula is C16H22N2O. The third kappa shape index (κ3) is 2.23. The molecule has 3 heteroatoms. The quantitative estimate of drug-likeness (QED) is 0.885. The average Bonchev–Trinajstić information content (AvgIpc) is 2.77. The second-order valence-electron chi connectivity index (χ2n) is 5.82. The van der Waals surface area contributed by atoms with E-state index in [4.69, 9.17) is 4.74 Å². The summed E-state index contributed by atoms with van der Waals surface area (Å²) in [5.41, 5.74) is 4.06. The molecule has 0 amide bonds. The van der Waals surface area contributed by atoms with Gasteiger partial charge in [0.1, 0.15) is 5.75 Å². The average molecular weight is 258 g/mol. The van der Waals surface area contributed by atoms with Gasteiger partial charge in [-0.15, -0.1) is 0 Å². The number of methoxy groups -OCH3 is 1.